The van der Waals surface area contributed by atoms with E-state index in [1.165, 1.54) is 18.2 Å². The van der Waals surface area contributed by atoms with E-state index in [0.29, 0.717) is 26.0 Å². The van der Waals surface area contributed by atoms with Gasteiger partial charge < -0.3 is 4.98 Å². The number of aromatic nitrogens is 2. The van der Waals surface area contributed by atoms with Crippen molar-refractivity contribution in [1.29, 1.82) is 0 Å². The number of aromatic amines is 1. The Morgan fingerprint density at radius 2 is 1.90 bits per heavy atom. The topological polar surface area (TPSA) is 20.7 Å². The molecule has 0 atom stereocenters. The van der Waals surface area contributed by atoms with E-state index < -0.39 is 11.6 Å². The molecule has 0 bridgehead atoms. The summed E-state index contributed by atoms with van der Waals surface area (Å²) in [7, 11) is 0. The van der Waals surface area contributed by atoms with Gasteiger partial charge >= 0.3 is 0 Å². The van der Waals surface area contributed by atoms with Crippen molar-refractivity contribution in [1.82, 2.24) is 9.55 Å². The fraction of sp³-hybridized carbons (Fsp3) is 0.0714. The monoisotopic (exact) mass is 388 g/mol. The van der Waals surface area contributed by atoms with E-state index in [0.717, 1.165) is 5.56 Å². The molecular formula is C14H8BrClF2N2S. The van der Waals surface area contributed by atoms with Crippen LogP contribution in [-0.2, 0) is 0 Å². The lowest BCUT2D eigenvalue weighted by molar-refractivity contribution is 0.619. The summed E-state index contributed by atoms with van der Waals surface area (Å²) in [5.41, 5.74) is 2.45. The van der Waals surface area contributed by atoms with Crippen molar-refractivity contribution >= 4 is 50.8 Å². The van der Waals surface area contributed by atoms with Crippen LogP contribution in [0.4, 0.5) is 8.78 Å². The summed E-state index contributed by atoms with van der Waals surface area (Å²) in [6.07, 6.45) is 0. The zero-order chi connectivity index (χ0) is 15.3. The first-order chi connectivity index (χ1) is 9.88. The van der Waals surface area contributed by atoms with Gasteiger partial charge in [-0.1, -0.05) is 11.6 Å². The molecule has 0 fully saturated rings. The quantitative estimate of drug-likeness (QED) is 0.530. The number of hydrogen-bond acceptors (Lipinski definition) is 1. The predicted molar refractivity (Wildman–Crippen MR) is 85.8 cm³/mol. The summed E-state index contributed by atoms with van der Waals surface area (Å²) in [6, 6.07) is 5.75. The van der Waals surface area contributed by atoms with Crippen LogP contribution in [-0.4, -0.2) is 9.55 Å². The van der Waals surface area contributed by atoms with Gasteiger partial charge in [0, 0.05) is 6.07 Å². The van der Waals surface area contributed by atoms with Gasteiger partial charge in [-0.15, -0.1) is 0 Å². The summed E-state index contributed by atoms with van der Waals surface area (Å²) >= 11 is 14.2. The molecule has 0 aliphatic rings. The van der Waals surface area contributed by atoms with Crippen LogP contribution in [0.15, 0.2) is 28.7 Å². The van der Waals surface area contributed by atoms with Crippen LogP contribution in [0.1, 0.15) is 5.56 Å². The number of benzene rings is 2. The van der Waals surface area contributed by atoms with E-state index >= 15 is 0 Å². The standard InChI is InChI=1S/C14H8BrClF2N2S/c1-6-2-7(15)9(17)4-12(6)20-13-5-10(18)8(16)3-11(13)19-14(20)21/h2-5H,1H3,(H,19,21). The first-order valence-corrected chi connectivity index (χ1v) is 7.52. The normalized spacial score (nSPS) is 11.3. The van der Waals surface area contributed by atoms with Gasteiger partial charge in [-0.3, -0.25) is 4.57 Å². The van der Waals surface area contributed by atoms with E-state index in [-0.39, 0.29) is 5.02 Å². The number of fused-ring (bicyclic) bond motifs is 1. The first kappa shape index (κ1) is 14.7. The minimum Gasteiger partial charge on any atom is -0.330 e. The Morgan fingerprint density at radius 1 is 1.19 bits per heavy atom. The molecule has 3 rings (SSSR count). The van der Waals surface area contributed by atoms with Crippen molar-refractivity contribution in [3.05, 3.63) is 55.7 Å². The summed E-state index contributed by atoms with van der Waals surface area (Å²) in [5, 5.41) is 0.00427. The molecule has 108 valence electrons. The average molecular weight is 390 g/mol. The molecule has 0 saturated carbocycles. The zero-order valence-electron chi connectivity index (χ0n) is 10.7. The molecule has 0 unspecified atom stereocenters. The summed E-state index contributed by atoms with van der Waals surface area (Å²) < 4.78 is 29.9. The lowest BCUT2D eigenvalue weighted by atomic mass is 10.2. The number of aryl methyl sites for hydroxylation is 1. The molecule has 0 aliphatic carbocycles. The fourth-order valence-corrected chi connectivity index (χ4v) is 3.15. The highest BCUT2D eigenvalue weighted by Gasteiger charge is 2.14. The van der Waals surface area contributed by atoms with Crippen molar-refractivity contribution in [2.24, 2.45) is 0 Å². The minimum absolute atomic E-state index is 0.00427. The third-order valence-corrected chi connectivity index (χ3v) is 4.39. The lowest BCUT2D eigenvalue weighted by Crippen LogP contribution is -1.99. The molecule has 1 N–H and O–H groups in total. The Bertz CT molecular complexity index is 933. The number of nitrogens with zero attached hydrogens (tertiary/aromatic N) is 1. The second-order valence-electron chi connectivity index (χ2n) is 4.60. The Kier molecular flexibility index (Phi) is 3.63. The van der Waals surface area contributed by atoms with Crippen molar-refractivity contribution in [2.75, 3.05) is 0 Å². The van der Waals surface area contributed by atoms with E-state index in [1.54, 1.807) is 10.6 Å². The van der Waals surface area contributed by atoms with E-state index in [1.807, 2.05) is 6.92 Å². The number of H-pyrrole nitrogens is 1. The maximum absolute atomic E-state index is 13.8. The minimum atomic E-state index is -0.554. The highest BCUT2D eigenvalue weighted by Crippen LogP contribution is 2.29. The SMILES string of the molecule is Cc1cc(Br)c(F)cc1-n1c(=S)[nH]c2cc(Cl)c(F)cc21. The van der Waals surface area contributed by atoms with Crippen LogP contribution in [0.25, 0.3) is 16.7 Å². The molecule has 3 aromatic rings. The molecule has 7 heteroatoms. The van der Waals surface area contributed by atoms with Crippen LogP contribution in [0.5, 0.6) is 0 Å². The third kappa shape index (κ3) is 2.41. The number of hydrogen-bond donors (Lipinski definition) is 1. The zero-order valence-corrected chi connectivity index (χ0v) is 13.8. The number of halogens is 4. The van der Waals surface area contributed by atoms with Gasteiger partial charge in [0.25, 0.3) is 0 Å². The van der Waals surface area contributed by atoms with Gasteiger partial charge in [0.1, 0.15) is 11.6 Å². The van der Waals surface area contributed by atoms with Crippen LogP contribution < -0.4 is 0 Å². The Balaban J connectivity index is 2.40. The van der Waals surface area contributed by atoms with Crippen molar-refractivity contribution in [3.63, 3.8) is 0 Å². The highest BCUT2D eigenvalue weighted by atomic mass is 79.9. The number of nitrogens with one attached hydrogen (secondary N) is 1. The molecule has 2 nitrogen and oxygen atoms in total. The average Bonchev–Trinajstić information content (AvgIpc) is 2.70. The molecule has 2 aromatic carbocycles. The maximum Gasteiger partial charge on any atom is 0.182 e. The van der Waals surface area contributed by atoms with Gasteiger partial charge in [0.05, 0.1) is 26.2 Å². The highest BCUT2D eigenvalue weighted by molar-refractivity contribution is 9.10. The molecule has 0 amide bonds. The first-order valence-electron chi connectivity index (χ1n) is 5.94. The van der Waals surface area contributed by atoms with Crippen molar-refractivity contribution in [3.8, 4) is 5.69 Å². The van der Waals surface area contributed by atoms with E-state index in [9.17, 15) is 8.78 Å². The Labute approximate surface area is 137 Å². The van der Waals surface area contributed by atoms with Crippen LogP contribution in [0.2, 0.25) is 5.02 Å². The van der Waals surface area contributed by atoms with E-state index in [2.05, 4.69) is 20.9 Å². The van der Waals surface area contributed by atoms with Gasteiger partial charge in [-0.2, -0.15) is 0 Å². The number of rotatable bonds is 1. The van der Waals surface area contributed by atoms with Crippen LogP contribution >= 0.6 is 39.7 Å². The molecular weight excluding hydrogens is 382 g/mol. The van der Waals surface area contributed by atoms with Crippen LogP contribution in [0.3, 0.4) is 0 Å². The molecule has 0 saturated heterocycles. The Hall–Kier alpha value is -1.24. The predicted octanol–water partition coefficient (Wildman–Crippen LogP) is 5.69. The van der Waals surface area contributed by atoms with Crippen molar-refractivity contribution in [2.45, 2.75) is 6.92 Å². The molecule has 0 spiro atoms. The van der Waals surface area contributed by atoms with E-state index in [4.69, 9.17) is 23.8 Å². The summed E-state index contributed by atoms with van der Waals surface area (Å²) in [5.74, 6) is -0.969. The molecule has 0 radical (unpaired) electrons. The fourth-order valence-electron chi connectivity index (χ4n) is 2.22. The molecule has 21 heavy (non-hydrogen) atoms. The summed E-state index contributed by atoms with van der Waals surface area (Å²) in [4.78, 5) is 2.95. The molecule has 1 heterocycles. The second-order valence-corrected chi connectivity index (χ2v) is 6.25. The van der Waals surface area contributed by atoms with Gasteiger partial charge in [0.2, 0.25) is 0 Å². The third-order valence-electron chi connectivity index (χ3n) is 3.20. The molecule has 1 aromatic heterocycles. The summed E-state index contributed by atoms with van der Waals surface area (Å²) in [6.45, 7) is 1.83. The van der Waals surface area contributed by atoms with Gasteiger partial charge in [-0.05, 0) is 58.8 Å². The van der Waals surface area contributed by atoms with Gasteiger partial charge in [0.15, 0.2) is 4.77 Å². The maximum atomic E-state index is 13.8. The smallest absolute Gasteiger partial charge is 0.182 e. The second kappa shape index (κ2) is 5.19. The van der Waals surface area contributed by atoms with Gasteiger partial charge in [-0.25, -0.2) is 8.78 Å². The lowest BCUT2D eigenvalue weighted by Gasteiger charge is -2.10. The molecule has 0 aliphatic heterocycles. The van der Waals surface area contributed by atoms with Crippen LogP contribution in [0, 0.1) is 23.3 Å². The largest absolute Gasteiger partial charge is 0.330 e. The number of imidazole rings is 1. The van der Waals surface area contributed by atoms with Crippen molar-refractivity contribution < 1.29 is 8.78 Å². The Morgan fingerprint density at radius 3 is 2.62 bits per heavy atom.